The molecule has 2 aliphatic rings. The van der Waals surface area contributed by atoms with Crippen molar-refractivity contribution in [3.05, 3.63) is 71.8 Å². The number of ether oxygens (including phenoxy) is 3. The zero-order valence-corrected chi connectivity index (χ0v) is 22.8. The van der Waals surface area contributed by atoms with Crippen molar-refractivity contribution in [1.29, 1.82) is 0 Å². The van der Waals surface area contributed by atoms with Gasteiger partial charge in [0.2, 0.25) is 0 Å². The predicted octanol–water partition coefficient (Wildman–Crippen LogP) is 6.15. The van der Waals surface area contributed by atoms with Crippen molar-refractivity contribution in [1.82, 2.24) is 4.90 Å². The lowest BCUT2D eigenvalue weighted by atomic mass is 10.0. The van der Waals surface area contributed by atoms with E-state index in [0.717, 1.165) is 11.1 Å². The minimum Gasteiger partial charge on any atom is -0.444 e. The molecule has 5 atom stereocenters. The SMILES string of the molecule is C[C@H](CO[Si](C)(C)C(C)(C)C)[C@H]1O[C@H]1[C@H]1OC[C@@H](c2ccccc2)N1C(=O)OCc1ccccc1. The number of epoxide rings is 1. The van der Waals surface area contributed by atoms with Crippen LogP contribution in [0.4, 0.5) is 4.79 Å². The first kappa shape index (κ1) is 25.9. The van der Waals surface area contributed by atoms with E-state index in [0.29, 0.717) is 13.2 Å². The van der Waals surface area contributed by atoms with Crippen LogP contribution in [-0.4, -0.2) is 51.0 Å². The molecule has 0 aromatic heterocycles. The van der Waals surface area contributed by atoms with Crippen molar-refractivity contribution in [2.24, 2.45) is 5.92 Å². The van der Waals surface area contributed by atoms with Crippen LogP contribution in [-0.2, 0) is 25.2 Å². The summed E-state index contributed by atoms with van der Waals surface area (Å²) in [5, 5.41) is 0.160. The Morgan fingerprint density at radius 1 is 1.09 bits per heavy atom. The average molecular weight is 498 g/mol. The van der Waals surface area contributed by atoms with Crippen LogP contribution in [0, 0.1) is 5.92 Å². The summed E-state index contributed by atoms with van der Waals surface area (Å²) in [5.41, 5.74) is 1.98. The van der Waals surface area contributed by atoms with Gasteiger partial charge in [-0.05, 0) is 29.3 Å². The second kappa shape index (κ2) is 10.4. The third-order valence-corrected chi connectivity index (χ3v) is 12.1. The fourth-order valence-corrected chi connectivity index (χ4v) is 5.32. The molecule has 7 heteroatoms. The molecule has 2 saturated heterocycles. The van der Waals surface area contributed by atoms with E-state index in [1.165, 1.54) is 0 Å². The monoisotopic (exact) mass is 497 g/mol. The Morgan fingerprint density at radius 2 is 1.71 bits per heavy atom. The second-order valence-corrected chi connectivity index (χ2v) is 16.0. The molecule has 2 heterocycles. The molecule has 0 N–H and O–H groups in total. The van der Waals surface area contributed by atoms with Crippen LogP contribution < -0.4 is 0 Å². The Bertz CT molecular complexity index is 978. The van der Waals surface area contributed by atoms with Crippen molar-refractivity contribution in [2.75, 3.05) is 13.2 Å². The molecule has 2 aromatic carbocycles. The molecule has 0 saturated carbocycles. The summed E-state index contributed by atoms with van der Waals surface area (Å²) < 4.78 is 24.4. The summed E-state index contributed by atoms with van der Waals surface area (Å²) in [6.45, 7) is 14.7. The molecule has 6 nitrogen and oxygen atoms in total. The molecule has 2 aliphatic heterocycles. The molecule has 0 radical (unpaired) electrons. The molecule has 190 valence electrons. The molecule has 2 fully saturated rings. The van der Waals surface area contributed by atoms with Crippen molar-refractivity contribution in [2.45, 2.75) is 76.9 Å². The molecule has 0 aliphatic carbocycles. The summed E-state index contributed by atoms with van der Waals surface area (Å²) in [6, 6.07) is 19.5. The summed E-state index contributed by atoms with van der Waals surface area (Å²) in [6.07, 6.45) is -1.07. The van der Waals surface area contributed by atoms with E-state index in [-0.39, 0.29) is 41.9 Å². The lowest BCUT2D eigenvalue weighted by Crippen LogP contribution is -2.43. The van der Waals surface area contributed by atoms with Crippen molar-refractivity contribution in [3.63, 3.8) is 0 Å². The maximum Gasteiger partial charge on any atom is 0.412 e. The van der Waals surface area contributed by atoms with Gasteiger partial charge in [-0.1, -0.05) is 88.4 Å². The van der Waals surface area contributed by atoms with E-state index >= 15 is 0 Å². The Kier molecular flexibility index (Phi) is 7.71. The number of benzene rings is 2. The lowest BCUT2D eigenvalue weighted by Gasteiger charge is -2.37. The highest BCUT2D eigenvalue weighted by molar-refractivity contribution is 6.74. The highest BCUT2D eigenvalue weighted by Crippen LogP contribution is 2.43. The number of hydrogen-bond donors (Lipinski definition) is 0. The van der Waals surface area contributed by atoms with Gasteiger partial charge in [-0.2, -0.15) is 0 Å². The highest BCUT2D eigenvalue weighted by Gasteiger charge is 2.56. The van der Waals surface area contributed by atoms with E-state index in [9.17, 15) is 4.79 Å². The van der Waals surface area contributed by atoms with Gasteiger partial charge in [-0.25, -0.2) is 4.79 Å². The van der Waals surface area contributed by atoms with Gasteiger partial charge < -0.3 is 18.6 Å². The standard InChI is InChI=1S/C28H39NO5Si/c1-20(17-33-35(5,6)28(2,3)4)24-25(34-24)26-29(23(19-31-26)22-15-11-8-12-16-22)27(30)32-18-21-13-9-7-10-14-21/h7-16,20,23-26H,17-19H2,1-6H3/t20-,23+,24-,25-,26-/m1/s1. The Balaban J connectivity index is 1.43. The number of nitrogens with zero attached hydrogens (tertiary/aromatic N) is 1. The average Bonchev–Trinajstić information content (AvgIpc) is 3.51. The van der Waals surface area contributed by atoms with Gasteiger partial charge in [0.05, 0.1) is 18.8 Å². The minimum atomic E-state index is -1.84. The van der Waals surface area contributed by atoms with Crippen LogP contribution in [0.2, 0.25) is 18.1 Å². The topological polar surface area (TPSA) is 60.5 Å². The molecule has 1 amide bonds. The maximum atomic E-state index is 13.3. The van der Waals surface area contributed by atoms with Crippen molar-refractivity contribution < 1.29 is 23.4 Å². The van der Waals surface area contributed by atoms with Gasteiger partial charge in [0.1, 0.15) is 12.7 Å². The second-order valence-electron chi connectivity index (χ2n) is 11.2. The molecular formula is C28H39NO5Si. The number of carbonyl (C=O) groups excluding carboxylic acids is 1. The van der Waals surface area contributed by atoms with Crippen LogP contribution in [0.15, 0.2) is 60.7 Å². The summed E-state index contributed by atoms with van der Waals surface area (Å²) in [5.74, 6) is 0.204. The third-order valence-electron chi connectivity index (χ3n) is 7.55. The fourth-order valence-electron chi connectivity index (χ4n) is 4.21. The van der Waals surface area contributed by atoms with Crippen LogP contribution in [0.25, 0.3) is 0 Å². The summed E-state index contributed by atoms with van der Waals surface area (Å²) in [4.78, 5) is 15.1. The summed E-state index contributed by atoms with van der Waals surface area (Å²) >= 11 is 0. The molecule has 35 heavy (non-hydrogen) atoms. The number of hydrogen-bond acceptors (Lipinski definition) is 5. The Morgan fingerprint density at radius 3 is 2.34 bits per heavy atom. The first-order valence-electron chi connectivity index (χ1n) is 12.5. The van der Waals surface area contributed by atoms with Crippen molar-refractivity contribution >= 4 is 14.4 Å². The molecule has 0 bridgehead atoms. The van der Waals surface area contributed by atoms with Gasteiger partial charge in [0.15, 0.2) is 14.5 Å². The van der Waals surface area contributed by atoms with Crippen LogP contribution in [0.3, 0.4) is 0 Å². The van der Waals surface area contributed by atoms with E-state index in [4.69, 9.17) is 18.6 Å². The van der Waals surface area contributed by atoms with E-state index in [1.54, 1.807) is 4.90 Å². The Hall–Kier alpha value is -2.19. The fraction of sp³-hybridized carbons (Fsp3) is 0.536. The predicted molar refractivity (Wildman–Crippen MR) is 138 cm³/mol. The van der Waals surface area contributed by atoms with Gasteiger partial charge in [0, 0.05) is 12.5 Å². The smallest absolute Gasteiger partial charge is 0.412 e. The van der Waals surface area contributed by atoms with Crippen LogP contribution in [0.5, 0.6) is 0 Å². The molecule has 0 spiro atoms. The minimum absolute atomic E-state index is 0.0104. The normalized spacial score (nSPS) is 25.4. The lowest BCUT2D eigenvalue weighted by molar-refractivity contribution is 0.00221. The summed E-state index contributed by atoms with van der Waals surface area (Å²) in [7, 11) is -1.84. The van der Waals surface area contributed by atoms with Crippen molar-refractivity contribution in [3.8, 4) is 0 Å². The van der Waals surface area contributed by atoms with Gasteiger partial charge in [0.25, 0.3) is 0 Å². The molecular weight excluding hydrogens is 458 g/mol. The number of rotatable bonds is 8. The van der Waals surface area contributed by atoms with Gasteiger partial charge in [-0.15, -0.1) is 0 Å². The van der Waals surface area contributed by atoms with Gasteiger partial charge in [-0.3, -0.25) is 4.90 Å². The largest absolute Gasteiger partial charge is 0.444 e. The molecule has 0 unspecified atom stereocenters. The van der Waals surface area contributed by atoms with E-state index < -0.39 is 14.5 Å². The molecule has 4 rings (SSSR count). The third kappa shape index (κ3) is 5.97. The van der Waals surface area contributed by atoms with Crippen LogP contribution in [0.1, 0.15) is 44.9 Å². The number of amides is 1. The number of carbonyl (C=O) groups is 1. The molecule has 2 aromatic rings. The maximum absolute atomic E-state index is 13.3. The van der Waals surface area contributed by atoms with E-state index in [1.807, 2.05) is 60.7 Å². The van der Waals surface area contributed by atoms with Crippen LogP contribution >= 0.6 is 0 Å². The zero-order valence-electron chi connectivity index (χ0n) is 21.8. The highest BCUT2D eigenvalue weighted by atomic mass is 28.4. The first-order chi connectivity index (χ1) is 16.6. The van der Waals surface area contributed by atoms with E-state index in [2.05, 4.69) is 40.8 Å². The van der Waals surface area contributed by atoms with Gasteiger partial charge >= 0.3 is 6.09 Å². The Labute approximate surface area is 210 Å². The zero-order chi connectivity index (χ0) is 25.2. The first-order valence-corrected chi connectivity index (χ1v) is 15.4. The quantitative estimate of drug-likeness (QED) is 0.323.